The van der Waals surface area contributed by atoms with Gasteiger partial charge < -0.3 is 15.4 Å². The lowest BCUT2D eigenvalue weighted by Crippen LogP contribution is -2.43. The number of amides is 1. The second-order valence-electron chi connectivity index (χ2n) is 4.50. The minimum Gasteiger partial charge on any atom is -0.491 e. The molecule has 0 radical (unpaired) electrons. The summed E-state index contributed by atoms with van der Waals surface area (Å²) < 4.78 is 5.68. The monoisotopic (exact) mass is 250 g/mol. The van der Waals surface area contributed by atoms with Crippen molar-refractivity contribution < 1.29 is 9.53 Å². The van der Waals surface area contributed by atoms with Crippen molar-refractivity contribution in [2.75, 3.05) is 19.7 Å². The predicted molar refractivity (Wildman–Crippen MR) is 72.6 cm³/mol. The summed E-state index contributed by atoms with van der Waals surface area (Å²) >= 11 is 0. The van der Waals surface area contributed by atoms with Crippen LogP contribution in [0.2, 0.25) is 0 Å². The van der Waals surface area contributed by atoms with E-state index in [4.69, 9.17) is 10.5 Å². The van der Waals surface area contributed by atoms with Crippen molar-refractivity contribution in [2.24, 2.45) is 5.73 Å². The zero-order valence-corrected chi connectivity index (χ0v) is 11.3. The van der Waals surface area contributed by atoms with E-state index in [-0.39, 0.29) is 18.5 Å². The molecule has 0 aliphatic carbocycles. The van der Waals surface area contributed by atoms with Crippen LogP contribution in [0.15, 0.2) is 24.3 Å². The van der Waals surface area contributed by atoms with Crippen molar-refractivity contribution in [3.05, 3.63) is 29.8 Å². The van der Waals surface area contributed by atoms with Gasteiger partial charge in [-0.25, -0.2) is 0 Å². The number of carbonyl (C=O) groups excluding carboxylic acids is 1. The molecule has 0 aliphatic rings. The second-order valence-corrected chi connectivity index (χ2v) is 4.50. The summed E-state index contributed by atoms with van der Waals surface area (Å²) in [4.78, 5) is 13.3. The first-order valence-electron chi connectivity index (χ1n) is 6.24. The lowest BCUT2D eigenvalue weighted by atomic mass is 10.2. The second kappa shape index (κ2) is 7.01. The van der Waals surface area contributed by atoms with Gasteiger partial charge in [0.1, 0.15) is 12.4 Å². The van der Waals surface area contributed by atoms with Gasteiger partial charge in [0.15, 0.2) is 0 Å². The summed E-state index contributed by atoms with van der Waals surface area (Å²) in [7, 11) is 0. The SMILES string of the molecule is Cc1ccccc1OCCN(C(=O)CN)C(C)C. The van der Waals surface area contributed by atoms with Gasteiger partial charge in [0, 0.05) is 6.04 Å². The Labute approximate surface area is 109 Å². The topological polar surface area (TPSA) is 55.6 Å². The third-order valence-corrected chi connectivity index (χ3v) is 2.80. The Morgan fingerprint density at radius 3 is 2.61 bits per heavy atom. The molecule has 0 heterocycles. The molecule has 0 aliphatic heterocycles. The molecule has 1 amide bonds. The first-order valence-corrected chi connectivity index (χ1v) is 6.24. The van der Waals surface area contributed by atoms with Gasteiger partial charge in [0.2, 0.25) is 5.91 Å². The number of hydrogen-bond acceptors (Lipinski definition) is 3. The molecule has 4 nitrogen and oxygen atoms in total. The minimum atomic E-state index is -0.0432. The number of para-hydroxylation sites is 1. The Morgan fingerprint density at radius 2 is 2.06 bits per heavy atom. The molecule has 0 bridgehead atoms. The third-order valence-electron chi connectivity index (χ3n) is 2.80. The van der Waals surface area contributed by atoms with Crippen molar-refractivity contribution in [2.45, 2.75) is 26.8 Å². The van der Waals surface area contributed by atoms with Crippen LogP contribution in [0.5, 0.6) is 5.75 Å². The van der Waals surface area contributed by atoms with Crippen LogP contribution >= 0.6 is 0 Å². The highest BCUT2D eigenvalue weighted by Gasteiger charge is 2.15. The van der Waals surface area contributed by atoms with E-state index in [0.29, 0.717) is 13.2 Å². The van der Waals surface area contributed by atoms with E-state index < -0.39 is 0 Å². The summed E-state index contributed by atoms with van der Waals surface area (Å²) in [5.74, 6) is 0.819. The normalized spacial score (nSPS) is 10.5. The zero-order chi connectivity index (χ0) is 13.5. The highest BCUT2D eigenvalue weighted by atomic mass is 16.5. The van der Waals surface area contributed by atoms with E-state index >= 15 is 0 Å². The predicted octanol–water partition coefficient (Wildman–Crippen LogP) is 1.57. The molecule has 4 heteroatoms. The Balaban J connectivity index is 2.49. The number of hydrogen-bond donors (Lipinski definition) is 1. The molecule has 1 rings (SSSR count). The molecule has 0 unspecified atom stereocenters. The van der Waals surface area contributed by atoms with Crippen molar-refractivity contribution in [1.29, 1.82) is 0 Å². The van der Waals surface area contributed by atoms with Crippen molar-refractivity contribution >= 4 is 5.91 Å². The van der Waals surface area contributed by atoms with E-state index in [1.54, 1.807) is 4.90 Å². The van der Waals surface area contributed by atoms with Crippen LogP contribution in [-0.4, -0.2) is 36.5 Å². The third kappa shape index (κ3) is 4.04. The Hall–Kier alpha value is -1.55. The highest BCUT2D eigenvalue weighted by molar-refractivity contribution is 5.78. The van der Waals surface area contributed by atoms with Gasteiger partial charge in [0.05, 0.1) is 13.1 Å². The van der Waals surface area contributed by atoms with E-state index in [2.05, 4.69) is 0 Å². The van der Waals surface area contributed by atoms with Gasteiger partial charge in [-0.1, -0.05) is 18.2 Å². The van der Waals surface area contributed by atoms with E-state index in [1.165, 1.54) is 0 Å². The Kier molecular flexibility index (Phi) is 5.65. The average molecular weight is 250 g/mol. The number of nitrogens with zero attached hydrogens (tertiary/aromatic N) is 1. The van der Waals surface area contributed by atoms with Crippen molar-refractivity contribution in [3.8, 4) is 5.75 Å². The number of aryl methyl sites for hydroxylation is 1. The van der Waals surface area contributed by atoms with Crippen LogP contribution in [0, 0.1) is 6.92 Å². The molecule has 0 atom stereocenters. The molecule has 100 valence electrons. The maximum atomic E-state index is 11.6. The Morgan fingerprint density at radius 1 is 1.39 bits per heavy atom. The molecule has 0 saturated heterocycles. The molecular weight excluding hydrogens is 228 g/mol. The van der Waals surface area contributed by atoms with Gasteiger partial charge >= 0.3 is 0 Å². The lowest BCUT2D eigenvalue weighted by molar-refractivity contribution is -0.131. The molecule has 0 saturated carbocycles. The largest absolute Gasteiger partial charge is 0.491 e. The molecule has 0 spiro atoms. The van der Waals surface area contributed by atoms with Gasteiger partial charge in [-0.3, -0.25) is 4.79 Å². The van der Waals surface area contributed by atoms with Crippen LogP contribution in [0.1, 0.15) is 19.4 Å². The zero-order valence-electron chi connectivity index (χ0n) is 11.3. The van der Waals surface area contributed by atoms with Gasteiger partial charge in [-0.05, 0) is 32.4 Å². The summed E-state index contributed by atoms with van der Waals surface area (Å²) in [5, 5.41) is 0. The van der Waals surface area contributed by atoms with Crippen molar-refractivity contribution in [1.82, 2.24) is 4.90 Å². The fraction of sp³-hybridized carbons (Fsp3) is 0.500. The molecular formula is C14H22N2O2. The minimum absolute atomic E-state index is 0.0432. The molecule has 2 N–H and O–H groups in total. The quantitative estimate of drug-likeness (QED) is 0.833. The maximum absolute atomic E-state index is 11.6. The number of ether oxygens (including phenoxy) is 1. The fourth-order valence-electron chi connectivity index (χ4n) is 1.76. The summed E-state index contributed by atoms with van der Waals surface area (Å²) in [5.41, 5.74) is 6.48. The molecule has 1 aromatic carbocycles. The number of rotatable bonds is 6. The van der Waals surface area contributed by atoms with Gasteiger partial charge in [0.25, 0.3) is 0 Å². The molecule has 0 aromatic heterocycles. The molecule has 1 aromatic rings. The standard InChI is InChI=1S/C14H22N2O2/c1-11(2)16(14(17)10-15)8-9-18-13-7-5-4-6-12(13)3/h4-7,11H,8-10,15H2,1-3H3. The van der Waals surface area contributed by atoms with Crippen LogP contribution in [-0.2, 0) is 4.79 Å². The van der Waals surface area contributed by atoms with Crippen LogP contribution in [0.3, 0.4) is 0 Å². The highest BCUT2D eigenvalue weighted by Crippen LogP contribution is 2.16. The van der Waals surface area contributed by atoms with Gasteiger partial charge in [-0.2, -0.15) is 0 Å². The first kappa shape index (κ1) is 14.5. The molecule has 18 heavy (non-hydrogen) atoms. The lowest BCUT2D eigenvalue weighted by Gasteiger charge is -2.26. The summed E-state index contributed by atoms with van der Waals surface area (Å²) in [6, 6.07) is 7.98. The van der Waals surface area contributed by atoms with E-state index in [0.717, 1.165) is 11.3 Å². The number of carbonyl (C=O) groups is 1. The van der Waals surface area contributed by atoms with Crippen molar-refractivity contribution in [3.63, 3.8) is 0 Å². The van der Waals surface area contributed by atoms with E-state index in [9.17, 15) is 4.79 Å². The maximum Gasteiger partial charge on any atom is 0.236 e. The van der Waals surface area contributed by atoms with Crippen LogP contribution in [0.25, 0.3) is 0 Å². The van der Waals surface area contributed by atoms with E-state index in [1.807, 2.05) is 45.0 Å². The summed E-state index contributed by atoms with van der Waals surface area (Å²) in [6.07, 6.45) is 0. The first-order chi connectivity index (χ1) is 8.56. The summed E-state index contributed by atoms with van der Waals surface area (Å²) in [6.45, 7) is 7.03. The molecule has 0 fully saturated rings. The fourth-order valence-corrected chi connectivity index (χ4v) is 1.76. The number of nitrogens with two attached hydrogens (primary N) is 1. The van der Waals surface area contributed by atoms with Gasteiger partial charge in [-0.15, -0.1) is 0 Å². The van der Waals surface area contributed by atoms with Crippen LogP contribution < -0.4 is 10.5 Å². The van der Waals surface area contributed by atoms with Crippen LogP contribution in [0.4, 0.5) is 0 Å². The smallest absolute Gasteiger partial charge is 0.236 e. The number of benzene rings is 1. The average Bonchev–Trinajstić information content (AvgIpc) is 2.35. The Bertz CT molecular complexity index is 391.